The minimum Gasteiger partial charge on any atom is -0.466 e. The average Bonchev–Trinajstić information content (AvgIpc) is 3.22. The average molecular weight is 516 g/mol. The Labute approximate surface area is 217 Å². The van der Waals surface area contributed by atoms with E-state index in [0.717, 1.165) is 37.7 Å². The summed E-state index contributed by atoms with van der Waals surface area (Å²) in [7, 11) is 1.33. The fourth-order valence-corrected chi connectivity index (χ4v) is 10.1. The number of carbonyl (C=O) groups excluding carboxylic acids is 4. The van der Waals surface area contributed by atoms with E-state index in [1.165, 1.54) is 27.9 Å². The van der Waals surface area contributed by atoms with Crippen molar-refractivity contribution in [3.05, 3.63) is 11.1 Å². The molecule has 3 heterocycles. The van der Waals surface area contributed by atoms with Gasteiger partial charge in [-0.2, -0.15) is 0 Å². The normalized spacial score (nSPS) is 46.6. The highest BCUT2D eigenvalue weighted by molar-refractivity contribution is 5.93. The third-order valence-electron chi connectivity index (χ3n) is 10.4. The van der Waals surface area contributed by atoms with Gasteiger partial charge in [0.05, 0.1) is 18.2 Å². The predicted molar refractivity (Wildman–Crippen MR) is 129 cm³/mol. The Morgan fingerprint density at radius 1 is 0.919 bits per heavy atom. The van der Waals surface area contributed by atoms with Gasteiger partial charge in [0.25, 0.3) is 0 Å². The van der Waals surface area contributed by atoms with Crippen molar-refractivity contribution in [1.29, 1.82) is 0 Å². The molecule has 6 aliphatic rings. The summed E-state index contributed by atoms with van der Waals surface area (Å²) < 4.78 is 23.6. The van der Waals surface area contributed by atoms with Crippen molar-refractivity contribution in [2.75, 3.05) is 7.11 Å². The predicted octanol–water partition coefficient (Wildman–Crippen LogP) is 2.70. The van der Waals surface area contributed by atoms with E-state index in [2.05, 4.69) is 11.8 Å². The van der Waals surface area contributed by atoms with Crippen LogP contribution in [0.5, 0.6) is 0 Å². The SMILES string of the molecule is COC(=O)C1=C2[C@]3([C@@H]4C[C@H]5[C@H](CC[C@@H](C)N53)[C@@]2(OC(C)=O)C4)[C@H]2CCC[C@@H](OC(C)=O)[C@@H]2[C@H]1OC(C)=O. The van der Waals surface area contributed by atoms with Gasteiger partial charge >= 0.3 is 23.9 Å². The number of fused-ring (bicyclic) bond motifs is 2. The van der Waals surface area contributed by atoms with E-state index in [4.69, 9.17) is 18.9 Å². The first-order chi connectivity index (χ1) is 17.6. The highest BCUT2D eigenvalue weighted by atomic mass is 16.6. The number of rotatable bonds is 4. The maximum absolute atomic E-state index is 13.7. The first kappa shape index (κ1) is 24.9. The largest absolute Gasteiger partial charge is 0.466 e. The van der Waals surface area contributed by atoms with Crippen molar-refractivity contribution in [1.82, 2.24) is 4.90 Å². The van der Waals surface area contributed by atoms with Crippen molar-refractivity contribution >= 4 is 23.9 Å². The maximum Gasteiger partial charge on any atom is 0.337 e. The molecule has 3 aliphatic carbocycles. The Hall–Kier alpha value is -2.42. The zero-order chi connectivity index (χ0) is 26.4. The quantitative estimate of drug-likeness (QED) is 0.412. The highest BCUT2D eigenvalue weighted by Gasteiger charge is 2.82. The van der Waals surface area contributed by atoms with Crippen LogP contribution >= 0.6 is 0 Å². The molecule has 3 aliphatic heterocycles. The van der Waals surface area contributed by atoms with Gasteiger partial charge in [-0.15, -0.1) is 0 Å². The van der Waals surface area contributed by atoms with E-state index in [-0.39, 0.29) is 47.7 Å². The van der Waals surface area contributed by atoms with Gasteiger partial charge in [-0.3, -0.25) is 19.3 Å². The van der Waals surface area contributed by atoms with Crippen LogP contribution in [0.1, 0.15) is 72.6 Å². The van der Waals surface area contributed by atoms with Gasteiger partial charge in [-0.05, 0) is 63.7 Å². The maximum atomic E-state index is 13.7. The second-order valence-electron chi connectivity index (χ2n) is 12.0. The lowest BCUT2D eigenvalue weighted by molar-refractivity contribution is -0.193. The van der Waals surface area contributed by atoms with Gasteiger partial charge < -0.3 is 18.9 Å². The lowest BCUT2D eigenvalue weighted by Crippen LogP contribution is -2.73. The van der Waals surface area contributed by atoms with Gasteiger partial charge in [0.2, 0.25) is 0 Å². The molecule has 0 aromatic carbocycles. The van der Waals surface area contributed by atoms with Crippen molar-refractivity contribution in [2.24, 2.45) is 23.7 Å². The fraction of sp³-hybridized carbons (Fsp3) is 0.786. The molecule has 9 heteroatoms. The van der Waals surface area contributed by atoms with E-state index in [0.29, 0.717) is 18.4 Å². The van der Waals surface area contributed by atoms with Gasteiger partial charge in [0.15, 0.2) is 0 Å². The fourth-order valence-electron chi connectivity index (χ4n) is 10.1. The molecule has 0 aromatic rings. The van der Waals surface area contributed by atoms with Crippen LogP contribution in [-0.4, -0.2) is 71.3 Å². The molecule has 37 heavy (non-hydrogen) atoms. The molecule has 11 atom stereocenters. The summed E-state index contributed by atoms with van der Waals surface area (Å²) in [6.07, 6.45) is 4.44. The minimum absolute atomic E-state index is 0.0210. The molecule has 5 fully saturated rings. The number of piperidine rings is 2. The molecule has 3 saturated heterocycles. The molecule has 0 aromatic heterocycles. The van der Waals surface area contributed by atoms with Crippen LogP contribution in [0.4, 0.5) is 0 Å². The lowest BCUT2D eigenvalue weighted by atomic mass is 9.53. The van der Waals surface area contributed by atoms with Crippen LogP contribution in [0.15, 0.2) is 11.1 Å². The Balaban J connectivity index is 1.68. The molecule has 1 spiro atoms. The molecule has 202 valence electrons. The van der Waals surface area contributed by atoms with Gasteiger partial charge in [0, 0.05) is 50.3 Å². The third kappa shape index (κ3) is 3.06. The monoisotopic (exact) mass is 515 g/mol. The Morgan fingerprint density at radius 2 is 1.65 bits per heavy atom. The minimum atomic E-state index is -0.941. The number of ether oxygens (including phenoxy) is 4. The lowest BCUT2D eigenvalue weighted by Gasteiger charge is -2.65. The molecule has 0 N–H and O–H groups in total. The number of nitrogens with zero attached hydrogens (tertiary/aromatic N) is 1. The van der Waals surface area contributed by atoms with Gasteiger partial charge in [-0.1, -0.05) is 0 Å². The third-order valence-corrected chi connectivity index (χ3v) is 10.4. The summed E-state index contributed by atoms with van der Waals surface area (Å²) in [4.78, 5) is 53.7. The zero-order valence-electron chi connectivity index (χ0n) is 22.3. The van der Waals surface area contributed by atoms with Crippen LogP contribution in [0.3, 0.4) is 0 Å². The smallest absolute Gasteiger partial charge is 0.337 e. The number of hydrogen-bond donors (Lipinski definition) is 0. The van der Waals surface area contributed by atoms with Crippen LogP contribution < -0.4 is 0 Å². The molecule has 0 radical (unpaired) electrons. The summed E-state index contributed by atoms with van der Waals surface area (Å²) in [6, 6.07) is 0.540. The standard InChI is InChI=1S/C28H37NO8/c1-13-9-10-18-20-11-17-12-27(18,37-16(4)32)25-23(26(33)34-5)24(36-15(3)31)22-19(28(17,25)29(13)20)7-6-8-21(22)35-14(2)30/h13,17-22,24H,6-12H2,1-5H3/t13-,17-,18+,19+,20+,21-,22-,24-,27+,28+/m1/s1. The number of esters is 4. The first-order valence-corrected chi connectivity index (χ1v) is 13.7. The van der Waals surface area contributed by atoms with Crippen molar-refractivity contribution < 1.29 is 38.1 Å². The van der Waals surface area contributed by atoms with Crippen molar-refractivity contribution in [3.8, 4) is 0 Å². The Morgan fingerprint density at radius 3 is 2.30 bits per heavy atom. The highest BCUT2D eigenvalue weighted by Crippen LogP contribution is 2.76. The molecule has 0 amide bonds. The summed E-state index contributed by atoms with van der Waals surface area (Å²) >= 11 is 0. The summed E-state index contributed by atoms with van der Waals surface area (Å²) in [5, 5.41) is 0. The zero-order valence-corrected chi connectivity index (χ0v) is 22.3. The second kappa shape index (κ2) is 8.29. The summed E-state index contributed by atoms with van der Waals surface area (Å²) in [6.45, 7) is 6.41. The van der Waals surface area contributed by atoms with Gasteiger partial charge in [0.1, 0.15) is 17.8 Å². The molecule has 9 nitrogen and oxygen atoms in total. The summed E-state index contributed by atoms with van der Waals surface area (Å²) in [5.41, 5.74) is -0.336. The van der Waals surface area contributed by atoms with Crippen LogP contribution in [0.25, 0.3) is 0 Å². The number of methoxy groups -OCH3 is 1. The molecule has 2 saturated carbocycles. The van der Waals surface area contributed by atoms with Crippen molar-refractivity contribution in [3.63, 3.8) is 0 Å². The Bertz CT molecular complexity index is 1100. The topological polar surface area (TPSA) is 108 Å². The van der Waals surface area contributed by atoms with E-state index in [9.17, 15) is 19.2 Å². The van der Waals surface area contributed by atoms with E-state index >= 15 is 0 Å². The molecule has 5 bridgehead atoms. The molecular weight excluding hydrogens is 478 g/mol. The summed E-state index contributed by atoms with van der Waals surface area (Å²) in [5.74, 6) is -2.00. The van der Waals surface area contributed by atoms with E-state index < -0.39 is 35.3 Å². The Kier molecular flexibility index (Phi) is 5.58. The van der Waals surface area contributed by atoms with Crippen LogP contribution in [0, 0.1) is 23.7 Å². The number of carbonyl (C=O) groups is 4. The van der Waals surface area contributed by atoms with E-state index in [1.807, 2.05) is 0 Å². The molecule has 6 rings (SSSR count). The molecule has 1 unspecified atom stereocenters. The van der Waals surface area contributed by atoms with Crippen LogP contribution in [0.2, 0.25) is 0 Å². The number of hydrogen-bond acceptors (Lipinski definition) is 9. The second-order valence-corrected chi connectivity index (χ2v) is 12.0. The first-order valence-electron chi connectivity index (χ1n) is 13.7. The van der Waals surface area contributed by atoms with E-state index in [1.54, 1.807) is 0 Å². The van der Waals surface area contributed by atoms with Crippen LogP contribution in [-0.2, 0) is 38.1 Å². The van der Waals surface area contributed by atoms with Gasteiger partial charge in [-0.25, -0.2) is 4.79 Å². The van der Waals surface area contributed by atoms with Crippen molar-refractivity contribution in [2.45, 2.75) is 108 Å². The molecular formula is C28H37NO8.